The zero-order chi connectivity index (χ0) is 15.8. The first-order valence-electron chi connectivity index (χ1n) is 7.15. The molecule has 0 spiro atoms. The first kappa shape index (κ1) is 14.4. The van der Waals surface area contributed by atoms with Gasteiger partial charge < -0.3 is 9.42 Å². The molecule has 0 radical (unpaired) electrons. The molecule has 1 fully saturated rings. The van der Waals surface area contributed by atoms with E-state index in [9.17, 15) is 4.79 Å². The van der Waals surface area contributed by atoms with Gasteiger partial charge in [0.1, 0.15) is 0 Å². The van der Waals surface area contributed by atoms with Gasteiger partial charge in [0.2, 0.25) is 5.91 Å². The number of amides is 1. The lowest BCUT2D eigenvalue weighted by molar-refractivity contribution is -0.117. The van der Waals surface area contributed by atoms with Crippen LogP contribution >= 0.6 is 22.9 Å². The van der Waals surface area contributed by atoms with Gasteiger partial charge in [-0.25, -0.2) is 0 Å². The standard InChI is InChI=1S/C16H12ClN3O2S/c17-11-4-1-2-5-12(11)20-9-10(8-14(20)21)15-18-16(22-19-15)13-6-3-7-23-13/h1-7,10H,8-9H2. The Kier molecular flexibility index (Phi) is 3.63. The monoisotopic (exact) mass is 345 g/mol. The molecule has 2 aromatic heterocycles. The third-order valence-electron chi connectivity index (χ3n) is 3.81. The van der Waals surface area contributed by atoms with Crippen LogP contribution < -0.4 is 4.90 Å². The fourth-order valence-electron chi connectivity index (χ4n) is 2.69. The summed E-state index contributed by atoms with van der Waals surface area (Å²) in [5, 5.41) is 6.57. The topological polar surface area (TPSA) is 59.2 Å². The molecule has 1 aliphatic rings. The van der Waals surface area contributed by atoms with Crippen molar-refractivity contribution in [3.05, 3.63) is 52.6 Å². The first-order chi connectivity index (χ1) is 11.2. The van der Waals surface area contributed by atoms with Crippen LogP contribution in [0.15, 0.2) is 46.3 Å². The number of carbonyl (C=O) groups excluding carboxylic acids is 1. The largest absolute Gasteiger partial charge is 0.333 e. The second-order valence-electron chi connectivity index (χ2n) is 5.29. The van der Waals surface area contributed by atoms with Gasteiger partial charge in [0, 0.05) is 18.9 Å². The van der Waals surface area contributed by atoms with Crippen molar-refractivity contribution in [2.45, 2.75) is 12.3 Å². The van der Waals surface area contributed by atoms with Crippen LogP contribution in [0.5, 0.6) is 0 Å². The molecule has 1 amide bonds. The summed E-state index contributed by atoms with van der Waals surface area (Å²) < 4.78 is 5.31. The summed E-state index contributed by atoms with van der Waals surface area (Å²) in [5.41, 5.74) is 0.726. The van der Waals surface area contributed by atoms with Crippen LogP contribution in [0.4, 0.5) is 5.69 Å². The number of aromatic nitrogens is 2. The third-order valence-corrected chi connectivity index (χ3v) is 4.98. The molecule has 23 heavy (non-hydrogen) atoms. The molecule has 3 heterocycles. The molecular formula is C16H12ClN3O2S. The van der Waals surface area contributed by atoms with Crippen molar-refractivity contribution in [1.29, 1.82) is 0 Å². The summed E-state index contributed by atoms with van der Waals surface area (Å²) in [6.45, 7) is 0.506. The van der Waals surface area contributed by atoms with E-state index in [2.05, 4.69) is 10.1 Å². The molecule has 5 nitrogen and oxygen atoms in total. The Morgan fingerprint density at radius 1 is 1.26 bits per heavy atom. The number of hydrogen-bond donors (Lipinski definition) is 0. The van der Waals surface area contributed by atoms with Gasteiger partial charge in [-0.1, -0.05) is 35.0 Å². The maximum atomic E-state index is 12.3. The SMILES string of the molecule is O=C1CC(c2noc(-c3cccs3)n2)CN1c1ccccc1Cl. The van der Waals surface area contributed by atoms with Gasteiger partial charge in [-0.2, -0.15) is 4.98 Å². The van der Waals surface area contributed by atoms with Crippen molar-refractivity contribution in [2.24, 2.45) is 0 Å². The van der Waals surface area contributed by atoms with Gasteiger partial charge in [0.05, 0.1) is 15.6 Å². The Balaban J connectivity index is 1.58. The molecular weight excluding hydrogens is 334 g/mol. The highest BCUT2D eigenvalue weighted by Gasteiger charge is 2.35. The summed E-state index contributed by atoms with van der Waals surface area (Å²) in [7, 11) is 0. The second kappa shape index (κ2) is 5.79. The molecule has 1 aliphatic heterocycles. The van der Waals surface area contributed by atoms with Gasteiger partial charge in [0.25, 0.3) is 5.89 Å². The summed E-state index contributed by atoms with van der Waals surface area (Å²) in [6, 6.07) is 11.2. The predicted octanol–water partition coefficient (Wildman–Crippen LogP) is 3.97. The van der Waals surface area contributed by atoms with E-state index in [1.54, 1.807) is 22.3 Å². The van der Waals surface area contributed by atoms with Crippen LogP contribution in [0, 0.1) is 0 Å². The Hall–Kier alpha value is -2.18. The number of benzene rings is 1. The van der Waals surface area contributed by atoms with Crippen LogP contribution in [0.3, 0.4) is 0 Å². The number of rotatable bonds is 3. The molecule has 116 valence electrons. The molecule has 3 aromatic rings. The third kappa shape index (κ3) is 2.64. The summed E-state index contributed by atoms with van der Waals surface area (Å²) >= 11 is 7.73. The fourth-order valence-corrected chi connectivity index (χ4v) is 3.57. The molecule has 1 atom stereocenters. The van der Waals surface area contributed by atoms with E-state index < -0.39 is 0 Å². The molecule has 0 aliphatic carbocycles. The van der Waals surface area contributed by atoms with Crippen LogP contribution in [-0.4, -0.2) is 22.6 Å². The van der Waals surface area contributed by atoms with Gasteiger partial charge in [-0.3, -0.25) is 4.79 Å². The first-order valence-corrected chi connectivity index (χ1v) is 8.40. The Morgan fingerprint density at radius 2 is 2.13 bits per heavy atom. The van der Waals surface area contributed by atoms with E-state index in [4.69, 9.17) is 16.1 Å². The highest BCUT2D eigenvalue weighted by atomic mass is 35.5. The Labute approximate surface area is 141 Å². The number of hydrogen-bond acceptors (Lipinski definition) is 5. The molecule has 4 rings (SSSR count). The second-order valence-corrected chi connectivity index (χ2v) is 6.65. The van der Waals surface area contributed by atoms with E-state index in [0.29, 0.717) is 29.7 Å². The Morgan fingerprint density at radius 3 is 2.91 bits per heavy atom. The zero-order valence-corrected chi connectivity index (χ0v) is 13.5. The smallest absolute Gasteiger partial charge is 0.267 e. The molecule has 1 saturated heterocycles. The molecule has 1 aromatic carbocycles. The summed E-state index contributed by atoms with van der Waals surface area (Å²) in [5.74, 6) is 0.997. The van der Waals surface area contributed by atoms with E-state index in [1.165, 1.54) is 0 Å². The lowest BCUT2D eigenvalue weighted by Crippen LogP contribution is -2.24. The van der Waals surface area contributed by atoms with Gasteiger partial charge in [0.15, 0.2) is 5.82 Å². The van der Waals surface area contributed by atoms with Crippen LogP contribution in [0.25, 0.3) is 10.8 Å². The van der Waals surface area contributed by atoms with E-state index in [-0.39, 0.29) is 11.8 Å². The van der Waals surface area contributed by atoms with E-state index in [1.807, 2.05) is 35.7 Å². The summed E-state index contributed by atoms with van der Waals surface area (Å²) in [6.07, 6.45) is 0.356. The lowest BCUT2D eigenvalue weighted by atomic mass is 10.1. The van der Waals surface area contributed by atoms with Gasteiger partial charge >= 0.3 is 0 Å². The average molecular weight is 346 g/mol. The molecule has 0 N–H and O–H groups in total. The van der Waals surface area contributed by atoms with Crippen molar-refractivity contribution < 1.29 is 9.32 Å². The number of halogens is 1. The molecule has 7 heteroatoms. The van der Waals surface area contributed by atoms with Crippen molar-refractivity contribution in [3.63, 3.8) is 0 Å². The number of carbonyl (C=O) groups is 1. The number of para-hydroxylation sites is 1. The minimum absolute atomic E-state index is 0.0190. The van der Waals surface area contributed by atoms with E-state index in [0.717, 1.165) is 10.6 Å². The normalized spacial score (nSPS) is 17.9. The van der Waals surface area contributed by atoms with Crippen LogP contribution in [-0.2, 0) is 4.79 Å². The average Bonchev–Trinajstić information content (AvgIpc) is 3.27. The minimum Gasteiger partial charge on any atom is -0.333 e. The highest BCUT2D eigenvalue weighted by Crippen LogP contribution is 2.35. The number of thiophene rings is 1. The molecule has 1 unspecified atom stereocenters. The molecule has 0 bridgehead atoms. The maximum Gasteiger partial charge on any atom is 0.267 e. The van der Waals surface area contributed by atoms with Crippen molar-refractivity contribution in [3.8, 4) is 10.8 Å². The maximum absolute atomic E-state index is 12.3. The van der Waals surface area contributed by atoms with Gasteiger partial charge in [-0.15, -0.1) is 11.3 Å². The number of anilines is 1. The lowest BCUT2D eigenvalue weighted by Gasteiger charge is -2.17. The minimum atomic E-state index is -0.0868. The zero-order valence-electron chi connectivity index (χ0n) is 12.0. The van der Waals surface area contributed by atoms with Crippen molar-refractivity contribution >= 4 is 34.5 Å². The highest BCUT2D eigenvalue weighted by molar-refractivity contribution is 7.13. The van der Waals surface area contributed by atoms with Gasteiger partial charge in [-0.05, 0) is 23.6 Å². The van der Waals surface area contributed by atoms with E-state index >= 15 is 0 Å². The quantitative estimate of drug-likeness (QED) is 0.720. The number of nitrogens with zero attached hydrogens (tertiary/aromatic N) is 3. The van der Waals surface area contributed by atoms with Crippen molar-refractivity contribution in [1.82, 2.24) is 10.1 Å². The van der Waals surface area contributed by atoms with Crippen LogP contribution in [0.1, 0.15) is 18.2 Å². The predicted molar refractivity (Wildman–Crippen MR) is 88.8 cm³/mol. The molecule has 0 saturated carbocycles. The Bertz CT molecular complexity index is 847. The fraction of sp³-hybridized carbons (Fsp3) is 0.188. The van der Waals surface area contributed by atoms with Crippen molar-refractivity contribution in [2.75, 3.05) is 11.4 Å². The van der Waals surface area contributed by atoms with Crippen LogP contribution in [0.2, 0.25) is 5.02 Å². The summed E-state index contributed by atoms with van der Waals surface area (Å²) in [4.78, 5) is 19.4.